The molecule has 3 heterocycles. The van der Waals surface area contributed by atoms with Crippen molar-refractivity contribution >= 4 is 5.95 Å². The van der Waals surface area contributed by atoms with E-state index in [0.717, 1.165) is 30.9 Å². The number of hydrogen-bond donors (Lipinski definition) is 1. The first kappa shape index (κ1) is 16.7. The maximum atomic E-state index is 12.8. The number of hydrogen-bond acceptors (Lipinski definition) is 5. The summed E-state index contributed by atoms with van der Waals surface area (Å²) in [6.45, 7) is 1.24. The number of rotatable bonds is 4. The molecule has 24 heavy (non-hydrogen) atoms. The van der Waals surface area contributed by atoms with Crippen LogP contribution in [-0.4, -0.2) is 32.7 Å². The Kier molecular flexibility index (Phi) is 4.70. The van der Waals surface area contributed by atoms with Crippen molar-refractivity contribution in [3.05, 3.63) is 36.2 Å². The van der Waals surface area contributed by atoms with Crippen molar-refractivity contribution in [1.29, 1.82) is 0 Å². The van der Waals surface area contributed by atoms with Gasteiger partial charge in [0.25, 0.3) is 0 Å². The molecule has 0 aromatic carbocycles. The van der Waals surface area contributed by atoms with Gasteiger partial charge in [0.15, 0.2) is 0 Å². The molecular weight excluding hydrogens is 323 g/mol. The van der Waals surface area contributed by atoms with Crippen molar-refractivity contribution in [3.63, 3.8) is 0 Å². The minimum Gasteiger partial charge on any atom is -0.381 e. The highest BCUT2D eigenvalue weighted by Gasteiger charge is 2.34. The van der Waals surface area contributed by atoms with Gasteiger partial charge in [0.05, 0.1) is 6.04 Å². The van der Waals surface area contributed by atoms with Crippen LogP contribution < -0.4 is 5.32 Å². The molecule has 1 N–H and O–H groups in total. The van der Waals surface area contributed by atoms with E-state index in [-0.39, 0.29) is 17.9 Å². The van der Waals surface area contributed by atoms with E-state index < -0.39 is 11.9 Å². The third kappa shape index (κ3) is 3.66. The first-order valence-electron chi connectivity index (χ1n) is 7.67. The maximum Gasteiger partial charge on any atom is 0.433 e. The zero-order valence-corrected chi connectivity index (χ0v) is 13.1. The summed E-state index contributed by atoms with van der Waals surface area (Å²) in [6.07, 6.45) is 1.66. The number of halogens is 3. The quantitative estimate of drug-likeness (QED) is 0.926. The average Bonchev–Trinajstić information content (AvgIpc) is 2.99. The molecule has 0 saturated carbocycles. The summed E-state index contributed by atoms with van der Waals surface area (Å²) in [5.41, 5.74) is -0.967. The van der Waals surface area contributed by atoms with E-state index in [1.165, 1.54) is 0 Å². The summed E-state index contributed by atoms with van der Waals surface area (Å²) in [6, 6.07) is 0.576. The fourth-order valence-corrected chi connectivity index (χ4v) is 2.84. The first-order chi connectivity index (χ1) is 11.4. The minimum absolute atomic E-state index is 0.0516. The Balaban J connectivity index is 1.88. The Bertz CT molecular complexity index is 682. The summed E-state index contributed by atoms with van der Waals surface area (Å²) >= 11 is 0. The van der Waals surface area contributed by atoms with Gasteiger partial charge in [0.1, 0.15) is 11.5 Å². The lowest BCUT2D eigenvalue weighted by Gasteiger charge is -2.30. The standard InChI is InChI=1S/C15H18F3N5O/c1-23-7-6-19-13(23)12(10-3-8-24-9-4-10)22-14-20-5-2-11(21-14)15(16,17)18/h2,5-7,10,12H,3-4,8-9H2,1H3,(H,20,21,22). The summed E-state index contributed by atoms with van der Waals surface area (Å²) in [4.78, 5) is 11.9. The van der Waals surface area contributed by atoms with Crippen LogP contribution in [0.2, 0.25) is 0 Å². The van der Waals surface area contributed by atoms with E-state index in [1.807, 2.05) is 11.6 Å². The molecule has 1 atom stereocenters. The van der Waals surface area contributed by atoms with Crippen molar-refractivity contribution in [3.8, 4) is 0 Å². The highest BCUT2D eigenvalue weighted by atomic mass is 19.4. The fraction of sp³-hybridized carbons (Fsp3) is 0.533. The topological polar surface area (TPSA) is 64.9 Å². The Morgan fingerprint density at radius 2 is 2.00 bits per heavy atom. The van der Waals surface area contributed by atoms with E-state index in [9.17, 15) is 13.2 Å². The normalized spacial score (nSPS) is 17.7. The molecule has 0 spiro atoms. The molecule has 2 aromatic heterocycles. The zero-order chi connectivity index (χ0) is 17.2. The molecule has 0 bridgehead atoms. The predicted molar refractivity (Wildman–Crippen MR) is 80.1 cm³/mol. The molecule has 2 aromatic rings. The van der Waals surface area contributed by atoms with E-state index in [0.29, 0.717) is 13.2 Å². The van der Waals surface area contributed by atoms with Gasteiger partial charge in [-0.1, -0.05) is 0 Å². The van der Waals surface area contributed by atoms with Crippen molar-refractivity contribution in [2.24, 2.45) is 13.0 Å². The Morgan fingerprint density at radius 1 is 1.25 bits per heavy atom. The van der Waals surface area contributed by atoms with E-state index >= 15 is 0 Å². The lowest BCUT2D eigenvalue weighted by molar-refractivity contribution is -0.141. The van der Waals surface area contributed by atoms with E-state index in [2.05, 4.69) is 20.3 Å². The van der Waals surface area contributed by atoms with Crippen LogP contribution in [0.15, 0.2) is 24.7 Å². The predicted octanol–water partition coefficient (Wildman–Crippen LogP) is 2.81. The molecule has 0 aliphatic carbocycles. The second-order valence-corrected chi connectivity index (χ2v) is 5.73. The average molecular weight is 341 g/mol. The van der Waals surface area contributed by atoms with Crippen molar-refractivity contribution < 1.29 is 17.9 Å². The third-order valence-corrected chi connectivity index (χ3v) is 4.10. The van der Waals surface area contributed by atoms with E-state index in [1.54, 1.807) is 12.4 Å². The molecule has 130 valence electrons. The summed E-state index contributed by atoms with van der Waals surface area (Å²) in [5, 5.41) is 3.04. The largest absolute Gasteiger partial charge is 0.433 e. The Morgan fingerprint density at radius 3 is 2.62 bits per heavy atom. The van der Waals surface area contributed by atoms with Gasteiger partial charge in [0, 0.05) is 38.9 Å². The van der Waals surface area contributed by atoms with Gasteiger partial charge >= 0.3 is 6.18 Å². The highest BCUT2D eigenvalue weighted by Crippen LogP contribution is 2.32. The number of aryl methyl sites for hydroxylation is 1. The van der Waals surface area contributed by atoms with E-state index in [4.69, 9.17) is 4.74 Å². The van der Waals surface area contributed by atoms with Crippen LogP contribution in [0.1, 0.15) is 30.4 Å². The number of ether oxygens (including phenoxy) is 1. The SMILES string of the molecule is Cn1ccnc1C(Nc1nccc(C(F)(F)F)n1)C1CCOCC1. The van der Waals surface area contributed by atoms with Crippen LogP contribution in [0, 0.1) is 5.92 Å². The molecule has 0 amide bonds. The lowest BCUT2D eigenvalue weighted by Crippen LogP contribution is -2.29. The van der Waals surface area contributed by atoms with Crippen LogP contribution in [0.5, 0.6) is 0 Å². The summed E-state index contributed by atoms with van der Waals surface area (Å²) < 4.78 is 45.8. The monoisotopic (exact) mass is 341 g/mol. The molecule has 0 radical (unpaired) electrons. The maximum absolute atomic E-state index is 12.8. The molecule has 1 saturated heterocycles. The molecule has 1 fully saturated rings. The second-order valence-electron chi connectivity index (χ2n) is 5.73. The molecular formula is C15H18F3N5O. The number of nitrogens with one attached hydrogen (secondary N) is 1. The molecule has 1 unspecified atom stereocenters. The highest BCUT2D eigenvalue weighted by molar-refractivity contribution is 5.30. The third-order valence-electron chi connectivity index (χ3n) is 4.10. The molecule has 9 heteroatoms. The zero-order valence-electron chi connectivity index (χ0n) is 13.1. The van der Waals surface area contributed by atoms with Crippen LogP contribution >= 0.6 is 0 Å². The van der Waals surface area contributed by atoms with Crippen molar-refractivity contribution in [2.75, 3.05) is 18.5 Å². The first-order valence-corrected chi connectivity index (χ1v) is 7.67. The smallest absolute Gasteiger partial charge is 0.381 e. The fourth-order valence-electron chi connectivity index (χ4n) is 2.84. The second kappa shape index (κ2) is 6.76. The van der Waals surface area contributed by atoms with Gasteiger partial charge in [-0.3, -0.25) is 0 Å². The van der Waals surface area contributed by atoms with Gasteiger partial charge < -0.3 is 14.6 Å². The van der Waals surface area contributed by atoms with Gasteiger partial charge in [-0.05, 0) is 24.8 Å². The summed E-state index contributed by atoms with van der Waals surface area (Å²) in [7, 11) is 1.85. The van der Waals surface area contributed by atoms with Crippen LogP contribution in [0.4, 0.5) is 19.1 Å². The van der Waals surface area contributed by atoms with Crippen LogP contribution in [-0.2, 0) is 18.0 Å². The lowest BCUT2D eigenvalue weighted by atomic mass is 9.91. The van der Waals surface area contributed by atoms with Gasteiger partial charge in [0.2, 0.25) is 5.95 Å². The number of nitrogens with zero attached hydrogens (tertiary/aromatic N) is 4. The van der Waals surface area contributed by atoms with Gasteiger partial charge in [-0.25, -0.2) is 15.0 Å². The number of imidazole rings is 1. The van der Waals surface area contributed by atoms with Gasteiger partial charge in [-0.15, -0.1) is 0 Å². The van der Waals surface area contributed by atoms with Crippen LogP contribution in [0.3, 0.4) is 0 Å². The van der Waals surface area contributed by atoms with Crippen molar-refractivity contribution in [2.45, 2.75) is 25.1 Å². The molecule has 1 aliphatic heterocycles. The number of aromatic nitrogens is 4. The molecule has 3 rings (SSSR count). The van der Waals surface area contributed by atoms with Crippen molar-refractivity contribution in [1.82, 2.24) is 19.5 Å². The van der Waals surface area contributed by atoms with Gasteiger partial charge in [-0.2, -0.15) is 13.2 Å². The Hall–Kier alpha value is -2.16. The minimum atomic E-state index is -4.50. The number of alkyl halides is 3. The molecule has 6 nitrogen and oxygen atoms in total. The Labute approximate surface area is 137 Å². The summed E-state index contributed by atoms with van der Waals surface area (Å²) in [5.74, 6) is 0.866. The molecule has 1 aliphatic rings. The number of anilines is 1. The van der Waals surface area contributed by atoms with Crippen LogP contribution in [0.25, 0.3) is 0 Å².